The average molecular weight is 466 g/mol. The van der Waals surface area contributed by atoms with E-state index in [0.29, 0.717) is 31.0 Å². The van der Waals surface area contributed by atoms with E-state index < -0.39 is 17.2 Å². The Labute approximate surface area is 199 Å². The molecule has 3 aromatic rings. The molecule has 0 unspecified atom stereocenters. The van der Waals surface area contributed by atoms with E-state index in [-0.39, 0.29) is 24.2 Å². The maximum absolute atomic E-state index is 14.8. The molecule has 2 aromatic heterocycles. The van der Waals surface area contributed by atoms with Crippen LogP contribution in [0.4, 0.5) is 16.0 Å². The predicted octanol–water partition coefficient (Wildman–Crippen LogP) is 5.16. The summed E-state index contributed by atoms with van der Waals surface area (Å²) in [6.07, 6.45) is 0.899. The molecule has 0 bridgehead atoms. The highest BCUT2D eigenvalue weighted by Crippen LogP contribution is 2.41. The van der Waals surface area contributed by atoms with Gasteiger partial charge >= 0.3 is 5.97 Å². The van der Waals surface area contributed by atoms with E-state index in [1.165, 1.54) is 23.3 Å². The van der Waals surface area contributed by atoms with Crippen LogP contribution in [0.2, 0.25) is 0 Å². The summed E-state index contributed by atoms with van der Waals surface area (Å²) in [5.41, 5.74) is 2.44. The summed E-state index contributed by atoms with van der Waals surface area (Å²) >= 11 is 0. The Morgan fingerprint density at radius 1 is 1.29 bits per heavy atom. The Hall–Kier alpha value is -3.26. The van der Waals surface area contributed by atoms with Crippen LogP contribution in [0.15, 0.2) is 42.5 Å². The number of likely N-dealkylation sites (tertiary alicyclic amines) is 1. The van der Waals surface area contributed by atoms with Crippen LogP contribution in [-0.2, 0) is 11.2 Å². The van der Waals surface area contributed by atoms with Crippen molar-refractivity contribution in [2.45, 2.75) is 59.0 Å². The van der Waals surface area contributed by atoms with Gasteiger partial charge in [-0.1, -0.05) is 24.3 Å². The molecule has 1 saturated heterocycles. The molecule has 4 rings (SSSR count). The van der Waals surface area contributed by atoms with Crippen molar-refractivity contribution in [1.82, 2.24) is 20.1 Å². The van der Waals surface area contributed by atoms with Crippen LogP contribution in [-0.4, -0.2) is 43.7 Å². The Balaban J connectivity index is 1.54. The highest BCUT2D eigenvalue weighted by atomic mass is 19.1. The SMILES string of the molecule is Cc1cc(Nc2ccc(F)c(C[C@@]3(C(=O)O)CCN([C@@H](C)c4ccccc4C)[C@H](C)C3)n2)n[nH]1. The fraction of sp³-hybridized carbons (Fsp3) is 0.423. The van der Waals surface area contributed by atoms with E-state index in [4.69, 9.17) is 0 Å². The Kier molecular flexibility index (Phi) is 6.70. The number of benzene rings is 1. The molecule has 8 heteroatoms. The zero-order valence-electron chi connectivity index (χ0n) is 20.1. The molecule has 0 spiro atoms. The Bertz CT molecular complexity index is 1180. The third kappa shape index (κ3) is 4.82. The normalized spacial score (nSPS) is 21.9. The summed E-state index contributed by atoms with van der Waals surface area (Å²) in [6.45, 7) is 8.83. The van der Waals surface area contributed by atoms with Crippen LogP contribution >= 0.6 is 0 Å². The van der Waals surface area contributed by atoms with Crippen LogP contribution in [0.5, 0.6) is 0 Å². The van der Waals surface area contributed by atoms with Crippen LogP contribution in [0.1, 0.15) is 55.2 Å². The fourth-order valence-corrected chi connectivity index (χ4v) is 5.20. The summed E-state index contributed by atoms with van der Waals surface area (Å²) < 4.78 is 14.8. The molecule has 0 saturated carbocycles. The van der Waals surface area contributed by atoms with Gasteiger partial charge in [0.15, 0.2) is 5.82 Å². The maximum atomic E-state index is 14.8. The topological polar surface area (TPSA) is 94.1 Å². The smallest absolute Gasteiger partial charge is 0.310 e. The number of anilines is 2. The minimum Gasteiger partial charge on any atom is -0.481 e. The summed E-state index contributed by atoms with van der Waals surface area (Å²) in [5.74, 6) is -0.387. The molecule has 3 heterocycles. The Morgan fingerprint density at radius 2 is 2.06 bits per heavy atom. The maximum Gasteiger partial charge on any atom is 0.310 e. The van der Waals surface area contributed by atoms with Crippen molar-refractivity contribution in [3.8, 4) is 0 Å². The third-order valence-corrected chi connectivity index (χ3v) is 7.08. The highest BCUT2D eigenvalue weighted by Gasteiger charge is 2.46. The molecular weight excluding hydrogens is 433 g/mol. The van der Waals surface area contributed by atoms with Crippen molar-refractivity contribution in [2.24, 2.45) is 5.41 Å². The number of H-pyrrole nitrogens is 1. The van der Waals surface area contributed by atoms with E-state index in [0.717, 1.165) is 5.69 Å². The third-order valence-electron chi connectivity index (χ3n) is 7.08. The summed E-state index contributed by atoms with van der Waals surface area (Å²) in [6, 6.07) is 13.2. The van der Waals surface area contributed by atoms with Crippen molar-refractivity contribution >= 4 is 17.6 Å². The minimum atomic E-state index is -1.07. The predicted molar refractivity (Wildman–Crippen MR) is 130 cm³/mol. The van der Waals surface area contributed by atoms with Gasteiger partial charge in [0.25, 0.3) is 0 Å². The van der Waals surface area contributed by atoms with Gasteiger partial charge in [-0.3, -0.25) is 14.8 Å². The van der Waals surface area contributed by atoms with Gasteiger partial charge in [0.2, 0.25) is 0 Å². The molecule has 180 valence electrons. The van der Waals surface area contributed by atoms with Crippen LogP contribution < -0.4 is 5.32 Å². The summed E-state index contributed by atoms with van der Waals surface area (Å²) in [7, 11) is 0. The number of aromatic nitrogens is 3. The molecule has 1 aliphatic heterocycles. The quantitative estimate of drug-likeness (QED) is 0.446. The van der Waals surface area contributed by atoms with Crippen molar-refractivity contribution in [3.05, 3.63) is 70.8 Å². The molecule has 0 amide bonds. The highest BCUT2D eigenvalue weighted by molar-refractivity contribution is 5.75. The second-order valence-electron chi connectivity index (χ2n) is 9.52. The minimum absolute atomic E-state index is 0.0239. The zero-order chi connectivity index (χ0) is 24.5. The average Bonchev–Trinajstić information content (AvgIpc) is 3.20. The first-order valence-corrected chi connectivity index (χ1v) is 11.7. The fourth-order valence-electron chi connectivity index (χ4n) is 5.20. The number of nitrogens with one attached hydrogen (secondary N) is 2. The molecule has 1 fully saturated rings. The van der Waals surface area contributed by atoms with E-state index in [1.807, 2.05) is 25.1 Å². The molecule has 0 radical (unpaired) electrons. The van der Waals surface area contributed by atoms with E-state index >= 15 is 0 Å². The van der Waals surface area contributed by atoms with Gasteiger partial charge in [-0.05, 0) is 63.8 Å². The first-order chi connectivity index (χ1) is 16.2. The first kappa shape index (κ1) is 23.9. The summed E-state index contributed by atoms with van der Waals surface area (Å²) in [4.78, 5) is 19.3. The molecule has 3 atom stereocenters. The van der Waals surface area contributed by atoms with Crippen molar-refractivity contribution < 1.29 is 14.3 Å². The van der Waals surface area contributed by atoms with Gasteiger partial charge in [-0.2, -0.15) is 5.10 Å². The van der Waals surface area contributed by atoms with Crippen molar-refractivity contribution in [2.75, 3.05) is 11.9 Å². The lowest BCUT2D eigenvalue weighted by atomic mass is 9.71. The number of carboxylic acid groups (broad SMARTS) is 1. The number of hydrogen-bond donors (Lipinski definition) is 3. The first-order valence-electron chi connectivity index (χ1n) is 11.7. The molecule has 0 aliphatic carbocycles. The molecule has 1 aliphatic rings. The molecular formula is C26H32FN5O2. The monoisotopic (exact) mass is 465 g/mol. The van der Waals surface area contributed by atoms with Crippen molar-refractivity contribution in [3.63, 3.8) is 0 Å². The van der Waals surface area contributed by atoms with Crippen LogP contribution in [0, 0.1) is 25.1 Å². The van der Waals surface area contributed by atoms with E-state index in [2.05, 4.69) is 58.3 Å². The number of aryl methyl sites for hydroxylation is 2. The lowest BCUT2D eigenvalue weighted by Crippen LogP contribution is -2.50. The number of rotatable bonds is 7. The zero-order valence-corrected chi connectivity index (χ0v) is 20.1. The number of carboxylic acids is 1. The number of nitrogens with zero attached hydrogens (tertiary/aromatic N) is 3. The van der Waals surface area contributed by atoms with Crippen molar-refractivity contribution in [1.29, 1.82) is 0 Å². The van der Waals surface area contributed by atoms with Gasteiger partial charge < -0.3 is 10.4 Å². The number of aliphatic carboxylic acids is 1. The molecule has 34 heavy (non-hydrogen) atoms. The number of aromatic amines is 1. The molecule has 1 aromatic carbocycles. The van der Waals surface area contributed by atoms with Crippen LogP contribution in [0.3, 0.4) is 0 Å². The number of carbonyl (C=O) groups is 1. The van der Waals surface area contributed by atoms with Gasteiger partial charge in [0.1, 0.15) is 11.6 Å². The molecule has 7 nitrogen and oxygen atoms in total. The number of hydrogen-bond acceptors (Lipinski definition) is 5. The van der Waals surface area contributed by atoms with Gasteiger partial charge in [-0.15, -0.1) is 0 Å². The van der Waals surface area contributed by atoms with Gasteiger partial charge in [-0.25, -0.2) is 9.37 Å². The van der Waals surface area contributed by atoms with E-state index in [9.17, 15) is 14.3 Å². The lowest BCUT2D eigenvalue weighted by Gasteiger charge is -2.46. The number of halogens is 1. The van der Waals surface area contributed by atoms with Gasteiger partial charge in [0.05, 0.1) is 11.1 Å². The van der Waals surface area contributed by atoms with E-state index in [1.54, 1.807) is 0 Å². The second-order valence-corrected chi connectivity index (χ2v) is 9.52. The second kappa shape index (κ2) is 9.54. The Morgan fingerprint density at radius 3 is 2.71 bits per heavy atom. The van der Waals surface area contributed by atoms with Gasteiger partial charge in [0, 0.05) is 36.8 Å². The number of pyridine rings is 1. The largest absolute Gasteiger partial charge is 0.481 e. The van der Waals surface area contributed by atoms with Crippen LogP contribution in [0.25, 0.3) is 0 Å². The summed E-state index contributed by atoms with van der Waals surface area (Å²) in [5, 5.41) is 20.3. The molecule has 3 N–H and O–H groups in total. The number of piperidine rings is 1. The lowest BCUT2D eigenvalue weighted by molar-refractivity contribution is -0.154. The standard InChI is InChI=1S/C26H32FN5O2/c1-16-7-5-6-8-20(16)19(4)32-12-11-26(25(33)34,14-18(32)3)15-22-21(27)9-10-23(28-22)29-24-13-17(2)30-31-24/h5-10,13,18-19H,11-12,14-15H2,1-4H3,(H,33,34)(H2,28,29,30,31)/t18-,19+,26-/m1/s1.